The highest BCUT2D eigenvalue weighted by Gasteiger charge is 2.28. The maximum atomic E-state index is 12.4. The summed E-state index contributed by atoms with van der Waals surface area (Å²) >= 11 is 0. The van der Waals surface area contributed by atoms with Crippen LogP contribution in [-0.4, -0.2) is 19.9 Å². The number of anilines is 1. The van der Waals surface area contributed by atoms with E-state index in [1.165, 1.54) is 7.11 Å². The number of aryl methyl sites for hydroxylation is 1. The first-order valence-electron chi connectivity index (χ1n) is 8.92. The van der Waals surface area contributed by atoms with Gasteiger partial charge in [-0.05, 0) is 37.0 Å². The second-order valence-corrected chi connectivity index (χ2v) is 6.70. The third kappa shape index (κ3) is 4.20. The van der Waals surface area contributed by atoms with Crippen LogP contribution in [0.3, 0.4) is 0 Å². The molecule has 1 aliphatic rings. The number of nitrogens with two attached hydrogens (primary N) is 1. The van der Waals surface area contributed by atoms with Crippen LogP contribution < -0.4 is 15.5 Å². The molecule has 5 nitrogen and oxygen atoms in total. The summed E-state index contributed by atoms with van der Waals surface area (Å²) in [4.78, 5) is 3.13. The molecule has 0 fully saturated rings. The third-order valence-electron chi connectivity index (χ3n) is 4.78. The van der Waals surface area contributed by atoms with Crippen LogP contribution in [-0.2, 0) is 24.2 Å². The average Bonchev–Trinajstić information content (AvgIpc) is 2.65. The molecular weight excluding hydrogens is 371 g/mol. The Morgan fingerprint density at radius 1 is 1.25 bits per heavy atom. The molecule has 0 atom stereocenters. The lowest BCUT2D eigenvalue weighted by Crippen LogP contribution is -2.24. The normalized spacial score (nSPS) is 13.7. The van der Waals surface area contributed by atoms with E-state index in [1.807, 2.05) is 0 Å². The molecule has 0 radical (unpaired) electrons. The van der Waals surface area contributed by atoms with Gasteiger partial charge < -0.3 is 9.47 Å². The van der Waals surface area contributed by atoms with Gasteiger partial charge in [0.15, 0.2) is 0 Å². The van der Waals surface area contributed by atoms with Gasteiger partial charge in [-0.15, -0.1) is 0 Å². The van der Waals surface area contributed by atoms with Crippen LogP contribution in [0.25, 0.3) is 11.1 Å². The van der Waals surface area contributed by atoms with Crippen molar-refractivity contribution < 1.29 is 27.6 Å². The first kappa shape index (κ1) is 20.0. The van der Waals surface area contributed by atoms with Gasteiger partial charge in [0.05, 0.1) is 13.7 Å². The summed E-state index contributed by atoms with van der Waals surface area (Å²) in [5, 5.41) is 9.64. The SMILES string of the molecule is COc1ccc(-c2c(C#N)c(N)[nH+]c3c2CCCC3)cc1COCC(F)(F)F. The van der Waals surface area contributed by atoms with Crippen molar-refractivity contribution in [3.8, 4) is 22.9 Å². The van der Waals surface area contributed by atoms with E-state index in [-0.39, 0.29) is 6.61 Å². The van der Waals surface area contributed by atoms with Crippen molar-refractivity contribution in [3.63, 3.8) is 0 Å². The van der Waals surface area contributed by atoms with Crippen LogP contribution in [0, 0.1) is 11.3 Å². The predicted octanol–water partition coefficient (Wildman–Crippen LogP) is 3.59. The van der Waals surface area contributed by atoms with Crippen LogP contribution in [0.1, 0.15) is 35.2 Å². The molecule has 148 valence electrons. The highest BCUT2D eigenvalue weighted by Crippen LogP contribution is 2.36. The Hall–Kier alpha value is -2.79. The fourth-order valence-electron chi connectivity index (χ4n) is 3.59. The Kier molecular flexibility index (Phi) is 5.75. The van der Waals surface area contributed by atoms with E-state index in [9.17, 15) is 18.4 Å². The number of rotatable bonds is 5. The molecule has 0 amide bonds. The maximum Gasteiger partial charge on any atom is 0.411 e. The number of fused-ring (bicyclic) bond motifs is 1. The number of nitrogens with zero attached hydrogens (tertiary/aromatic N) is 1. The summed E-state index contributed by atoms with van der Waals surface area (Å²) in [6.07, 6.45) is -0.715. The van der Waals surface area contributed by atoms with Gasteiger partial charge in [0.25, 0.3) is 5.82 Å². The zero-order chi connectivity index (χ0) is 20.3. The van der Waals surface area contributed by atoms with Crippen molar-refractivity contribution in [2.45, 2.75) is 38.5 Å². The van der Waals surface area contributed by atoms with Crippen molar-refractivity contribution in [1.29, 1.82) is 5.26 Å². The minimum atomic E-state index is -4.40. The minimum absolute atomic E-state index is 0.255. The van der Waals surface area contributed by atoms with Crippen molar-refractivity contribution in [2.24, 2.45) is 0 Å². The lowest BCUT2D eigenvalue weighted by Gasteiger charge is -2.19. The number of ether oxygens (including phenoxy) is 2. The van der Waals surface area contributed by atoms with Gasteiger partial charge in [0, 0.05) is 23.1 Å². The zero-order valence-corrected chi connectivity index (χ0v) is 15.4. The van der Waals surface area contributed by atoms with Gasteiger partial charge >= 0.3 is 6.18 Å². The Bertz CT molecular complexity index is 920. The maximum absolute atomic E-state index is 12.4. The summed E-state index contributed by atoms with van der Waals surface area (Å²) in [6.45, 7) is -1.60. The molecule has 0 saturated carbocycles. The molecule has 0 spiro atoms. The number of halogens is 3. The summed E-state index contributed by atoms with van der Waals surface area (Å²) < 4.78 is 47.3. The molecule has 0 aliphatic heterocycles. The smallest absolute Gasteiger partial charge is 0.411 e. The first-order chi connectivity index (χ1) is 13.3. The number of aromatic nitrogens is 1. The standard InChI is InChI=1S/C20H20F3N3O2/c1-27-17-7-6-12(8-13(17)10-28-11-20(21,22)23)18-14-4-2-3-5-16(14)26-19(25)15(18)9-24/h6-8H,2-5,10-11H2,1H3,(H2,25,26)/p+1. The number of pyridine rings is 1. The number of H-pyrrole nitrogens is 1. The average molecular weight is 392 g/mol. The van der Waals surface area contributed by atoms with Gasteiger partial charge in [0.2, 0.25) is 0 Å². The lowest BCUT2D eigenvalue weighted by molar-refractivity contribution is -0.374. The molecule has 1 aromatic heterocycles. The summed E-state index contributed by atoms with van der Waals surface area (Å²) in [6, 6.07) is 7.32. The number of nitrogen functional groups attached to an aromatic ring is 1. The molecule has 1 aliphatic carbocycles. The summed E-state index contributed by atoms with van der Waals surface area (Å²) in [7, 11) is 1.44. The minimum Gasteiger partial charge on any atom is -0.496 e. The van der Waals surface area contributed by atoms with E-state index < -0.39 is 12.8 Å². The quantitative estimate of drug-likeness (QED) is 0.843. The number of benzene rings is 1. The molecule has 1 heterocycles. The second kappa shape index (κ2) is 8.07. The van der Waals surface area contributed by atoms with E-state index in [2.05, 4.69) is 11.1 Å². The molecule has 28 heavy (non-hydrogen) atoms. The van der Waals surface area contributed by atoms with Crippen LogP contribution >= 0.6 is 0 Å². The molecule has 0 unspecified atom stereocenters. The summed E-state index contributed by atoms with van der Waals surface area (Å²) in [5.41, 5.74) is 10.4. The highest BCUT2D eigenvalue weighted by atomic mass is 19.4. The number of methoxy groups -OCH3 is 1. The molecule has 1 aromatic carbocycles. The van der Waals surface area contributed by atoms with Crippen LogP contribution in [0.15, 0.2) is 18.2 Å². The number of hydrogen-bond donors (Lipinski definition) is 1. The van der Waals surface area contributed by atoms with Gasteiger partial charge in [0.1, 0.15) is 29.7 Å². The van der Waals surface area contributed by atoms with Gasteiger partial charge in [-0.25, -0.2) is 4.98 Å². The fourth-order valence-corrected chi connectivity index (χ4v) is 3.59. The molecule has 0 saturated heterocycles. The van der Waals surface area contributed by atoms with Gasteiger partial charge in [-0.1, -0.05) is 6.07 Å². The first-order valence-corrected chi connectivity index (χ1v) is 8.92. The van der Waals surface area contributed by atoms with Gasteiger partial charge in [-0.3, -0.25) is 5.73 Å². The third-order valence-corrected chi connectivity index (χ3v) is 4.78. The summed E-state index contributed by atoms with van der Waals surface area (Å²) in [5.74, 6) is 0.720. The van der Waals surface area contributed by atoms with Gasteiger partial charge in [-0.2, -0.15) is 18.4 Å². The number of hydrogen-bond acceptors (Lipinski definition) is 4. The van der Waals surface area contributed by atoms with Crippen LogP contribution in [0.2, 0.25) is 0 Å². The van der Waals surface area contributed by atoms with Crippen molar-refractivity contribution >= 4 is 5.82 Å². The monoisotopic (exact) mass is 392 g/mol. The Morgan fingerprint density at radius 2 is 2.00 bits per heavy atom. The van der Waals surface area contributed by atoms with Crippen molar-refractivity contribution in [1.82, 2.24) is 0 Å². The predicted molar refractivity (Wildman–Crippen MR) is 96.5 cm³/mol. The second-order valence-electron chi connectivity index (χ2n) is 6.70. The van der Waals surface area contributed by atoms with E-state index >= 15 is 0 Å². The zero-order valence-electron chi connectivity index (χ0n) is 15.4. The lowest BCUT2D eigenvalue weighted by atomic mass is 9.86. The Morgan fingerprint density at radius 3 is 2.68 bits per heavy atom. The number of aromatic amines is 1. The fraction of sp³-hybridized carbons (Fsp3) is 0.400. The van der Waals surface area contributed by atoms with E-state index in [4.69, 9.17) is 15.2 Å². The highest BCUT2D eigenvalue weighted by molar-refractivity contribution is 5.78. The molecular formula is C20H21F3N3O2+. The molecule has 2 aromatic rings. The van der Waals surface area contributed by atoms with E-state index in [1.54, 1.807) is 18.2 Å². The Labute approximate surface area is 160 Å². The van der Waals surface area contributed by atoms with E-state index in [0.717, 1.165) is 42.5 Å². The molecule has 0 bridgehead atoms. The van der Waals surface area contributed by atoms with Crippen LogP contribution in [0.5, 0.6) is 5.75 Å². The Balaban J connectivity index is 2.06. The number of alkyl halides is 3. The largest absolute Gasteiger partial charge is 0.496 e. The number of nitrogens with one attached hydrogen (secondary N) is 1. The van der Waals surface area contributed by atoms with Crippen molar-refractivity contribution in [3.05, 3.63) is 40.6 Å². The van der Waals surface area contributed by atoms with Crippen LogP contribution in [0.4, 0.5) is 19.0 Å². The topological polar surface area (TPSA) is 82.4 Å². The number of nitriles is 1. The van der Waals surface area contributed by atoms with Crippen molar-refractivity contribution in [2.75, 3.05) is 19.5 Å². The molecule has 3 N–H and O–H groups in total. The molecule has 8 heteroatoms. The molecule has 3 rings (SSSR count). The van der Waals surface area contributed by atoms with E-state index in [0.29, 0.717) is 28.3 Å².